The van der Waals surface area contributed by atoms with Gasteiger partial charge in [-0.2, -0.15) is 0 Å². The Balaban J connectivity index is 2.01. The van der Waals surface area contributed by atoms with Gasteiger partial charge >= 0.3 is 0 Å². The molecule has 0 saturated heterocycles. The van der Waals surface area contributed by atoms with Crippen molar-refractivity contribution in [2.45, 2.75) is 39.8 Å². The third-order valence-corrected chi connectivity index (χ3v) is 4.15. The number of hydrogen-bond donors (Lipinski definition) is 1. The third-order valence-electron chi connectivity index (χ3n) is 4.15. The SMILES string of the molecule is Cc1c(C2NCc3ccc(CC(C)C)cc32)c(=O)c1=O. The van der Waals surface area contributed by atoms with E-state index in [1.54, 1.807) is 6.92 Å². The first-order chi connectivity index (χ1) is 9.49. The minimum atomic E-state index is -0.325. The molecule has 1 atom stereocenters. The molecule has 2 aromatic carbocycles. The molecule has 1 aliphatic rings. The summed E-state index contributed by atoms with van der Waals surface area (Å²) in [7, 11) is 0. The van der Waals surface area contributed by atoms with Crippen molar-refractivity contribution in [2.75, 3.05) is 0 Å². The molecule has 2 aromatic rings. The molecule has 1 unspecified atom stereocenters. The fourth-order valence-electron chi connectivity index (χ4n) is 3.12. The lowest BCUT2D eigenvalue weighted by Crippen LogP contribution is -2.41. The van der Waals surface area contributed by atoms with Gasteiger partial charge in [0.25, 0.3) is 0 Å². The molecule has 1 aliphatic heterocycles. The Kier molecular flexibility index (Phi) is 3.09. The molecular weight excluding hydrogens is 250 g/mol. The highest BCUT2D eigenvalue weighted by atomic mass is 16.2. The summed E-state index contributed by atoms with van der Waals surface area (Å²) in [6.45, 7) is 6.91. The Morgan fingerprint density at radius 2 is 2.00 bits per heavy atom. The van der Waals surface area contributed by atoms with Gasteiger partial charge in [-0.3, -0.25) is 9.59 Å². The lowest BCUT2D eigenvalue weighted by Gasteiger charge is -2.17. The van der Waals surface area contributed by atoms with Gasteiger partial charge < -0.3 is 5.32 Å². The fourth-order valence-corrected chi connectivity index (χ4v) is 3.12. The van der Waals surface area contributed by atoms with Crippen molar-refractivity contribution in [3.63, 3.8) is 0 Å². The molecule has 0 radical (unpaired) electrons. The van der Waals surface area contributed by atoms with Gasteiger partial charge in [0, 0.05) is 17.7 Å². The minimum absolute atomic E-state index is 0.0951. The molecule has 0 aromatic heterocycles. The van der Waals surface area contributed by atoms with E-state index >= 15 is 0 Å². The summed E-state index contributed by atoms with van der Waals surface area (Å²) in [6, 6.07) is 6.40. The topological polar surface area (TPSA) is 46.2 Å². The monoisotopic (exact) mass is 269 g/mol. The zero-order chi connectivity index (χ0) is 14.4. The second-order valence-electron chi connectivity index (χ2n) is 6.14. The summed E-state index contributed by atoms with van der Waals surface area (Å²) in [5.41, 5.74) is 4.33. The van der Waals surface area contributed by atoms with E-state index in [0.29, 0.717) is 17.0 Å². The standard InChI is InChI=1S/C17H19NO2/c1-9(2)6-11-4-5-12-8-18-15(13(12)7-11)14-10(3)16(19)17(14)20/h4-5,7,9,15,18H,6,8H2,1-3H3. The molecule has 3 rings (SSSR count). The lowest BCUT2D eigenvalue weighted by molar-refractivity contribution is 0.641. The van der Waals surface area contributed by atoms with E-state index in [9.17, 15) is 9.59 Å². The van der Waals surface area contributed by atoms with Crippen LogP contribution >= 0.6 is 0 Å². The lowest BCUT2D eigenvalue weighted by atomic mass is 9.89. The molecule has 3 nitrogen and oxygen atoms in total. The van der Waals surface area contributed by atoms with E-state index in [1.807, 2.05) is 0 Å². The van der Waals surface area contributed by atoms with Crippen molar-refractivity contribution >= 4 is 0 Å². The second kappa shape index (κ2) is 4.67. The quantitative estimate of drug-likeness (QED) is 0.867. The van der Waals surface area contributed by atoms with E-state index in [0.717, 1.165) is 13.0 Å². The second-order valence-corrected chi connectivity index (χ2v) is 6.14. The van der Waals surface area contributed by atoms with Gasteiger partial charge in [-0.25, -0.2) is 0 Å². The molecular formula is C17H19NO2. The molecule has 104 valence electrons. The summed E-state index contributed by atoms with van der Waals surface area (Å²) in [5.74, 6) is 0.605. The fraction of sp³-hybridized carbons (Fsp3) is 0.412. The highest BCUT2D eigenvalue weighted by molar-refractivity contribution is 5.47. The average molecular weight is 269 g/mol. The van der Waals surface area contributed by atoms with Crippen LogP contribution in [0.15, 0.2) is 27.8 Å². The number of benzene rings is 1. The number of rotatable bonds is 3. The van der Waals surface area contributed by atoms with Crippen LogP contribution < -0.4 is 16.2 Å². The zero-order valence-corrected chi connectivity index (χ0v) is 12.1. The largest absolute Gasteiger partial charge is 0.302 e. The van der Waals surface area contributed by atoms with Crippen LogP contribution in [0.4, 0.5) is 0 Å². The normalized spacial score (nSPS) is 17.9. The van der Waals surface area contributed by atoms with E-state index < -0.39 is 0 Å². The Hall–Kier alpha value is -1.74. The Morgan fingerprint density at radius 3 is 2.65 bits per heavy atom. The Bertz CT molecular complexity index is 736. The predicted molar refractivity (Wildman–Crippen MR) is 79.8 cm³/mol. The van der Waals surface area contributed by atoms with Gasteiger partial charge in [0.1, 0.15) is 0 Å². The highest BCUT2D eigenvalue weighted by Gasteiger charge is 2.31. The first-order valence-corrected chi connectivity index (χ1v) is 7.14. The molecule has 0 saturated carbocycles. The molecule has 1 N–H and O–H groups in total. The first-order valence-electron chi connectivity index (χ1n) is 7.14. The summed E-state index contributed by atoms with van der Waals surface area (Å²) in [6.07, 6.45) is 1.03. The van der Waals surface area contributed by atoms with Gasteiger partial charge in [-0.1, -0.05) is 32.0 Å². The maximum absolute atomic E-state index is 11.8. The Morgan fingerprint density at radius 1 is 1.25 bits per heavy atom. The zero-order valence-electron chi connectivity index (χ0n) is 12.1. The maximum Gasteiger partial charge on any atom is 0.231 e. The molecule has 0 aliphatic carbocycles. The molecule has 1 heterocycles. The predicted octanol–water partition coefficient (Wildman–Crippen LogP) is 1.98. The van der Waals surface area contributed by atoms with Gasteiger partial charge in [0.05, 0.1) is 6.04 Å². The van der Waals surface area contributed by atoms with Gasteiger partial charge in [-0.15, -0.1) is 0 Å². The smallest absolute Gasteiger partial charge is 0.231 e. The first kappa shape index (κ1) is 13.3. The summed E-state index contributed by atoms with van der Waals surface area (Å²) in [4.78, 5) is 23.2. The van der Waals surface area contributed by atoms with Crippen LogP contribution in [-0.2, 0) is 13.0 Å². The van der Waals surface area contributed by atoms with Crippen molar-refractivity contribution in [3.05, 3.63) is 66.5 Å². The van der Waals surface area contributed by atoms with E-state index in [1.165, 1.54) is 16.7 Å². The number of nitrogens with one attached hydrogen (secondary N) is 1. The van der Waals surface area contributed by atoms with Crippen molar-refractivity contribution in [2.24, 2.45) is 5.92 Å². The van der Waals surface area contributed by atoms with Crippen LogP contribution in [0.1, 0.15) is 47.7 Å². The van der Waals surface area contributed by atoms with E-state index in [4.69, 9.17) is 0 Å². The van der Waals surface area contributed by atoms with E-state index in [-0.39, 0.29) is 16.9 Å². The summed E-state index contributed by atoms with van der Waals surface area (Å²) in [5, 5.41) is 3.35. The average Bonchev–Trinajstić information content (AvgIpc) is 2.81. The van der Waals surface area contributed by atoms with Gasteiger partial charge in [0.2, 0.25) is 10.9 Å². The molecule has 20 heavy (non-hydrogen) atoms. The van der Waals surface area contributed by atoms with Crippen LogP contribution in [0.3, 0.4) is 0 Å². The van der Waals surface area contributed by atoms with Crippen molar-refractivity contribution in [3.8, 4) is 0 Å². The Labute approximate surface area is 118 Å². The van der Waals surface area contributed by atoms with Gasteiger partial charge in [0.15, 0.2) is 0 Å². The molecule has 0 fully saturated rings. The maximum atomic E-state index is 11.8. The van der Waals surface area contributed by atoms with Crippen LogP contribution in [0, 0.1) is 12.8 Å². The molecule has 0 amide bonds. The number of hydrogen-bond acceptors (Lipinski definition) is 3. The summed E-state index contributed by atoms with van der Waals surface area (Å²) < 4.78 is 0. The van der Waals surface area contributed by atoms with E-state index in [2.05, 4.69) is 37.4 Å². The molecule has 0 spiro atoms. The van der Waals surface area contributed by atoms with Crippen LogP contribution in [0.5, 0.6) is 0 Å². The van der Waals surface area contributed by atoms with Crippen molar-refractivity contribution < 1.29 is 0 Å². The van der Waals surface area contributed by atoms with Crippen molar-refractivity contribution in [1.82, 2.24) is 5.32 Å². The summed E-state index contributed by atoms with van der Waals surface area (Å²) >= 11 is 0. The minimum Gasteiger partial charge on any atom is -0.302 e. The van der Waals surface area contributed by atoms with Crippen LogP contribution in [0.2, 0.25) is 0 Å². The molecule has 0 bridgehead atoms. The van der Waals surface area contributed by atoms with Crippen LogP contribution in [0.25, 0.3) is 0 Å². The molecule has 3 heteroatoms. The van der Waals surface area contributed by atoms with Crippen LogP contribution in [-0.4, -0.2) is 0 Å². The third kappa shape index (κ3) is 1.93. The van der Waals surface area contributed by atoms with Gasteiger partial charge in [-0.05, 0) is 36.0 Å². The van der Waals surface area contributed by atoms with Crippen molar-refractivity contribution in [1.29, 1.82) is 0 Å². The number of fused-ring (bicyclic) bond motifs is 1. The highest BCUT2D eigenvalue weighted by Crippen LogP contribution is 2.32.